The van der Waals surface area contributed by atoms with Crippen molar-refractivity contribution >= 4 is 40.0 Å². The number of carbonyl (C=O) groups is 1. The largest absolute Gasteiger partial charge is 0.317 e. The van der Waals surface area contributed by atoms with Crippen LogP contribution in [-0.4, -0.2) is 16.2 Å². The number of hydrogen-bond acceptors (Lipinski definition) is 1. The van der Waals surface area contributed by atoms with Gasteiger partial charge in [-0.25, -0.2) is 4.39 Å². The number of Topliss-reactive ketones (excluding diaryl/α,β-unsaturated/α-hetero) is 1. The summed E-state index contributed by atoms with van der Waals surface area (Å²) in [7, 11) is 0. The summed E-state index contributed by atoms with van der Waals surface area (Å²) >= 11 is 7.70. The minimum Gasteiger partial charge on any atom is -0.317 e. The highest BCUT2D eigenvalue weighted by atomic mass is 127. The summed E-state index contributed by atoms with van der Waals surface area (Å²) < 4.78 is 15.9. The summed E-state index contributed by atoms with van der Waals surface area (Å²) in [5.74, 6) is -0.407. The fourth-order valence-corrected chi connectivity index (χ4v) is 3.01. The maximum atomic E-state index is 13.2. The first kappa shape index (κ1) is 14.5. The minimum atomic E-state index is -0.271. The predicted octanol–water partition coefficient (Wildman–Crippen LogP) is 4.26. The molecule has 0 N–H and O–H groups in total. The van der Waals surface area contributed by atoms with Crippen molar-refractivity contribution < 1.29 is 9.18 Å². The molecule has 0 saturated heterocycles. The zero-order valence-corrected chi connectivity index (χ0v) is 13.4. The van der Waals surface area contributed by atoms with E-state index in [2.05, 4.69) is 22.6 Å². The second-order valence-electron chi connectivity index (χ2n) is 4.27. The van der Waals surface area contributed by atoms with Gasteiger partial charge in [0.05, 0.1) is 11.6 Å². The summed E-state index contributed by atoms with van der Waals surface area (Å²) in [5, 5.41) is 0. The van der Waals surface area contributed by atoms with Crippen molar-refractivity contribution in [3.8, 4) is 5.69 Å². The Bertz CT molecular complexity index is 651. The van der Waals surface area contributed by atoms with E-state index >= 15 is 0 Å². The molecular weight excluding hydrogens is 380 g/mol. The highest BCUT2D eigenvalue weighted by molar-refractivity contribution is 14.1. The Morgan fingerprint density at radius 3 is 2.63 bits per heavy atom. The van der Waals surface area contributed by atoms with Crippen LogP contribution in [0, 0.1) is 23.2 Å². The minimum absolute atomic E-state index is 0.0369. The lowest BCUT2D eigenvalue weighted by Crippen LogP contribution is -2.05. The number of benzene rings is 1. The van der Waals surface area contributed by atoms with E-state index in [0.29, 0.717) is 5.56 Å². The van der Waals surface area contributed by atoms with E-state index in [1.54, 1.807) is 6.07 Å². The van der Waals surface area contributed by atoms with Gasteiger partial charge in [-0.3, -0.25) is 4.79 Å². The molecule has 0 aliphatic heterocycles. The first-order chi connectivity index (χ1) is 8.95. The first-order valence-corrected chi connectivity index (χ1v) is 7.30. The van der Waals surface area contributed by atoms with Gasteiger partial charge in [0.15, 0.2) is 5.78 Å². The number of aryl methyl sites for hydroxylation is 1. The number of rotatable bonds is 3. The van der Waals surface area contributed by atoms with Gasteiger partial charge in [0.1, 0.15) is 5.82 Å². The summed E-state index contributed by atoms with van der Waals surface area (Å²) in [4.78, 5) is 11.8. The number of hydrogen-bond donors (Lipinski definition) is 0. The van der Waals surface area contributed by atoms with Crippen molar-refractivity contribution in [2.24, 2.45) is 0 Å². The molecule has 0 fully saturated rings. The second kappa shape index (κ2) is 5.63. The van der Waals surface area contributed by atoms with Gasteiger partial charge in [0.2, 0.25) is 0 Å². The Labute approximate surface area is 129 Å². The van der Waals surface area contributed by atoms with Crippen molar-refractivity contribution in [3.63, 3.8) is 0 Å². The molecule has 2 aromatic rings. The van der Waals surface area contributed by atoms with Gasteiger partial charge >= 0.3 is 0 Å². The number of halogens is 3. The molecule has 0 aliphatic carbocycles. The van der Waals surface area contributed by atoms with Gasteiger partial charge in [0, 0.05) is 20.5 Å². The number of carbonyl (C=O) groups excluding carboxylic acids is 1. The van der Waals surface area contributed by atoms with Gasteiger partial charge in [-0.1, -0.05) is 0 Å². The average Bonchev–Trinajstić information content (AvgIpc) is 2.65. The van der Waals surface area contributed by atoms with Crippen LogP contribution in [0.15, 0.2) is 24.3 Å². The molecule has 100 valence electrons. The van der Waals surface area contributed by atoms with Crippen LogP contribution in [0.2, 0.25) is 0 Å². The van der Waals surface area contributed by atoms with Crippen LogP contribution >= 0.6 is 34.2 Å². The highest BCUT2D eigenvalue weighted by Crippen LogP contribution is 2.25. The fraction of sp³-hybridized carbons (Fsp3) is 0.214. The van der Waals surface area contributed by atoms with Crippen LogP contribution in [0.1, 0.15) is 21.7 Å². The van der Waals surface area contributed by atoms with Gasteiger partial charge in [-0.15, -0.1) is 11.6 Å². The molecule has 0 spiro atoms. The first-order valence-electron chi connectivity index (χ1n) is 5.69. The Balaban J connectivity index is 2.63. The molecule has 1 aromatic carbocycles. The number of ketones is 1. The molecule has 5 heteroatoms. The van der Waals surface area contributed by atoms with Crippen molar-refractivity contribution in [1.82, 2.24) is 4.57 Å². The smallest absolute Gasteiger partial charge is 0.179 e. The average molecular weight is 392 g/mol. The monoisotopic (exact) mass is 391 g/mol. The van der Waals surface area contributed by atoms with Gasteiger partial charge < -0.3 is 4.57 Å². The normalized spacial score (nSPS) is 10.8. The van der Waals surface area contributed by atoms with Crippen LogP contribution in [0.25, 0.3) is 5.69 Å². The van der Waals surface area contributed by atoms with E-state index < -0.39 is 0 Å². The number of alkyl halides is 1. The summed E-state index contributed by atoms with van der Waals surface area (Å²) in [6.45, 7) is 3.78. The lowest BCUT2D eigenvalue weighted by Gasteiger charge is -2.12. The molecule has 0 atom stereocenters. The van der Waals surface area contributed by atoms with Gasteiger partial charge in [-0.2, -0.15) is 0 Å². The molecule has 0 unspecified atom stereocenters. The van der Waals surface area contributed by atoms with E-state index in [9.17, 15) is 9.18 Å². The molecule has 0 radical (unpaired) electrons. The number of nitrogens with zero attached hydrogens (tertiary/aromatic N) is 1. The third kappa shape index (κ3) is 2.69. The Morgan fingerprint density at radius 2 is 2.05 bits per heavy atom. The summed E-state index contributed by atoms with van der Waals surface area (Å²) in [5.41, 5.74) is 3.24. The van der Waals surface area contributed by atoms with Crippen LogP contribution in [-0.2, 0) is 0 Å². The van der Waals surface area contributed by atoms with Gasteiger partial charge in [0.25, 0.3) is 0 Å². The van der Waals surface area contributed by atoms with Crippen molar-refractivity contribution in [1.29, 1.82) is 0 Å². The molecule has 0 saturated carbocycles. The Morgan fingerprint density at radius 1 is 1.37 bits per heavy atom. The molecular formula is C14H12ClFINO. The third-order valence-electron chi connectivity index (χ3n) is 3.00. The van der Waals surface area contributed by atoms with Crippen molar-refractivity contribution in [2.75, 3.05) is 5.88 Å². The summed E-state index contributed by atoms with van der Waals surface area (Å²) in [6, 6.07) is 6.42. The second-order valence-corrected chi connectivity index (χ2v) is 5.70. The fourth-order valence-electron chi connectivity index (χ4n) is 2.15. The van der Waals surface area contributed by atoms with Crippen molar-refractivity contribution in [3.05, 3.63) is 50.6 Å². The van der Waals surface area contributed by atoms with Crippen molar-refractivity contribution in [2.45, 2.75) is 13.8 Å². The van der Waals surface area contributed by atoms with E-state index in [1.165, 1.54) is 12.1 Å². The maximum Gasteiger partial charge on any atom is 0.179 e. The molecule has 1 aromatic heterocycles. The number of aromatic nitrogens is 1. The van der Waals surface area contributed by atoms with E-state index in [-0.39, 0.29) is 17.5 Å². The summed E-state index contributed by atoms with van der Waals surface area (Å²) in [6.07, 6.45) is 0. The van der Waals surface area contributed by atoms with Crippen LogP contribution in [0.4, 0.5) is 4.39 Å². The topological polar surface area (TPSA) is 22.0 Å². The highest BCUT2D eigenvalue weighted by Gasteiger charge is 2.17. The molecule has 0 aliphatic rings. The lowest BCUT2D eigenvalue weighted by molar-refractivity contribution is 0.102. The quantitative estimate of drug-likeness (QED) is 0.435. The van der Waals surface area contributed by atoms with E-state index in [4.69, 9.17) is 11.6 Å². The Kier molecular flexibility index (Phi) is 4.30. The lowest BCUT2D eigenvalue weighted by atomic mass is 10.2. The molecule has 1 heterocycles. The standard InChI is InChI=1S/C14H12ClFINO/c1-8-5-11(14(19)7-15)9(2)18(8)13-4-3-10(16)6-12(13)17/h3-6H,7H2,1-2H3. The SMILES string of the molecule is Cc1cc(C(=O)CCl)c(C)n1-c1ccc(F)cc1I. The zero-order valence-electron chi connectivity index (χ0n) is 10.5. The van der Waals surface area contributed by atoms with Crippen LogP contribution in [0.3, 0.4) is 0 Å². The van der Waals surface area contributed by atoms with E-state index in [0.717, 1.165) is 20.6 Å². The van der Waals surface area contributed by atoms with Crippen LogP contribution in [0.5, 0.6) is 0 Å². The molecule has 0 bridgehead atoms. The third-order valence-corrected chi connectivity index (χ3v) is 4.11. The zero-order chi connectivity index (χ0) is 14.2. The van der Waals surface area contributed by atoms with E-state index in [1.807, 2.05) is 24.5 Å². The molecule has 0 amide bonds. The molecule has 19 heavy (non-hydrogen) atoms. The molecule has 2 rings (SSSR count). The predicted molar refractivity (Wildman–Crippen MR) is 83.0 cm³/mol. The Hall–Kier alpha value is -0.880. The molecule has 2 nitrogen and oxygen atoms in total. The van der Waals surface area contributed by atoms with Gasteiger partial charge in [-0.05, 0) is 60.7 Å². The maximum absolute atomic E-state index is 13.2. The van der Waals surface area contributed by atoms with Crippen LogP contribution < -0.4 is 0 Å².